The molecule has 0 aromatic heterocycles. The fraction of sp³-hybridized carbons (Fsp3) is 0.273. The van der Waals surface area contributed by atoms with Crippen LogP contribution in [-0.2, 0) is 4.79 Å². The van der Waals surface area contributed by atoms with Crippen molar-refractivity contribution in [2.75, 3.05) is 7.05 Å². The molecule has 0 aliphatic carbocycles. The summed E-state index contributed by atoms with van der Waals surface area (Å²) in [5.41, 5.74) is 1.47. The fourth-order valence-electron chi connectivity index (χ4n) is 1.77. The highest BCUT2D eigenvalue weighted by molar-refractivity contribution is 6.11. The molecular weight excluding hydrogens is 178 g/mol. The number of carbonyl (C=O) groups excluding carboxylic acids is 2. The summed E-state index contributed by atoms with van der Waals surface area (Å²) in [6.45, 7) is 1.82. The largest absolute Gasteiger partial charge is 0.281 e. The van der Waals surface area contributed by atoms with Crippen LogP contribution in [0, 0.1) is 0 Å². The number of fused-ring (bicyclic) bond motifs is 1. The number of likely N-dealkylation sites (N-methyl/N-ethyl adjacent to an activating group) is 1. The lowest BCUT2D eigenvalue weighted by Crippen LogP contribution is -2.41. The van der Waals surface area contributed by atoms with Crippen molar-refractivity contribution in [2.45, 2.75) is 12.8 Å². The van der Waals surface area contributed by atoms with Gasteiger partial charge >= 0.3 is 0 Å². The molecule has 3 nitrogen and oxygen atoms in total. The molecule has 0 fully saturated rings. The second kappa shape index (κ2) is 2.94. The second-order valence-electron chi connectivity index (χ2n) is 3.51. The molecule has 1 aromatic rings. The fourth-order valence-corrected chi connectivity index (χ4v) is 1.77. The molecule has 1 aliphatic heterocycles. The predicted octanol–water partition coefficient (Wildman–Crippen LogP) is 1.40. The maximum atomic E-state index is 11.7. The van der Waals surface area contributed by atoms with Crippen molar-refractivity contribution in [1.82, 2.24) is 4.90 Å². The molecule has 0 saturated carbocycles. The Kier molecular flexibility index (Phi) is 1.88. The van der Waals surface area contributed by atoms with Gasteiger partial charge in [-0.3, -0.25) is 14.5 Å². The van der Waals surface area contributed by atoms with E-state index in [0.29, 0.717) is 5.56 Å². The van der Waals surface area contributed by atoms with Crippen LogP contribution in [0.4, 0.5) is 0 Å². The van der Waals surface area contributed by atoms with Gasteiger partial charge in [0.05, 0.1) is 5.92 Å². The van der Waals surface area contributed by atoms with Crippen LogP contribution in [-0.4, -0.2) is 23.8 Å². The summed E-state index contributed by atoms with van der Waals surface area (Å²) in [7, 11) is 1.52. The van der Waals surface area contributed by atoms with Gasteiger partial charge in [-0.15, -0.1) is 0 Å². The number of benzene rings is 1. The van der Waals surface area contributed by atoms with E-state index in [-0.39, 0.29) is 17.7 Å². The molecule has 1 aromatic carbocycles. The van der Waals surface area contributed by atoms with Crippen molar-refractivity contribution in [3.63, 3.8) is 0 Å². The minimum atomic E-state index is -0.214. The van der Waals surface area contributed by atoms with Crippen molar-refractivity contribution in [3.8, 4) is 0 Å². The van der Waals surface area contributed by atoms with E-state index in [2.05, 4.69) is 0 Å². The Morgan fingerprint density at radius 3 is 2.57 bits per heavy atom. The van der Waals surface area contributed by atoms with Crippen LogP contribution < -0.4 is 0 Å². The average Bonchev–Trinajstić information content (AvgIpc) is 2.23. The molecule has 3 heteroatoms. The summed E-state index contributed by atoms with van der Waals surface area (Å²) in [5, 5.41) is 0. The number of hydrogen-bond acceptors (Lipinski definition) is 2. The second-order valence-corrected chi connectivity index (χ2v) is 3.51. The van der Waals surface area contributed by atoms with Crippen LogP contribution in [0.2, 0.25) is 0 Å². The molecule has 1 atom stereocenters. The molecule has 2 rings (SSSR count). The standard InChI is InChI=1S/C11H11NO2/c1-7-8-5-3-4-6-9(8)11(14)12(2)10(7)13/h3-7H,1-2H3. The maximum Gasteiger partial charge on any atom is 0.260 e. The lowest BCUT2D eigenvalue weighted by atomic mass is 9.90. The first kappa shape index (κ1) is 8.94. The van der Waals surface area contributed by atoms with Crippen LogP contribution in [0.25, 0.3) is 0 Å². The highest BCUT2D eigenvalue weighted by Gasteiger charge is 2.33. The molecule has 2 amide bonds. The zero-order chi connectivity index (χ0) is 10.3. The molecule has 72 valence electrons. The Morgan fingerprint density at radius 2 is 1.86 bits per heavy atom. The molecule has 14 heavy (non-hydrogen) atoms. The van der Waals surface area contributed by atoms with Crippen molar-refractivity contribution in [2.24, 2.45) is 0 Å². The van der Waals surface area contributed by atoms with E-state index in [1.807, 2.05) is 25.1 Å². The van der Waals surface area contributed by atoms with Gasteiger partial charge in [0.2, 0.25) is 5.91 Å². The third-order valence-corrected chi connectivity index (χ3v) is 2.66. The molecule has 1 unspecified atom stereocenters. The zero-order valence-electron chi connectivity index (χ0n) is 8.15. The number of hydrogen-bond donors (Lipinski definition) is 0. The monoisotopic (exact) mass is 189 g/mol. The van der Waals surface area contributed by atoms with E-state index < -0.39 is 0 Å². The summed E-state index contributed by atoms with van der Waals surface area (Å²) in [5.74, 6) is -0.550. The molecule has 1 aliphatic rings. The number of carbonyl (C=O) groups is 2. The third kappa shape index (κ3) is 1.05. The Balaban J connectivity index is 2.62. The number of rotatable bonds is 0. The number of imide groups is 1. The molecular formula is C11H11NO2. The quantitative estimate of drug-likeness (QED) is 0.578. The van der Waals surface area contributed by atoms with E-state index in [1.165, 1.54) is 11.9 Å². The highest BCUT2D eigenvalue weighted by atomic mass is 16.2. The van der Waals surface area contributed by atoms with E-state index in [9.17, 15) is 9.59 Å². The first-order chi connectivity index (χ1) is 6.63. The normalized spacial score (nSPS) is 21.0. The maximum absolute atomic E-state index is 11.7. The SMILES string of the molecule is CC1C(=O)N(C)C(=O)c2ccccc21. The molecule has 0 radical (unpaired) electrons. The van der Waals surface area contributed by atoms with Crippen LogP contribution in [0.1, 0.15) is 28.8 Å². The predicted molar refractivity (Wildman–Crippen MR) is 52.0 cm³/mol. The highest BCUT2D eigenvalue weighted by Crippen LogP contribution is 2.27. The lowest BCUT2D eigenvalue weighted by Gasteiger charge is -2.27. The van der Waals surface area contributed by atoms with Crippen LogP contribution in [0.15, 0.2) is 24.3 Å². The topological polar surface area (TPSA) is 37.4 Å². The van der Waals surface area contributed by atoms with E-state index in [0.717, 1.165) is 5.56 Å². The minimum absolute atomic E-state index is 0.131. The summed E-state index contributed by atoms with van der Waals surface area (Å²) >= 11 is 0. The van der Waals surface area contributed by atoms with Gasteiger partial charge in [-0.1, -0.05) is 18.2 Å². The Morgan fingerprint density at radius 1 is 1.21 bits per heavy atom. The van der Waals surface area contributed by atoms with Crippen LogP contribution in [0.5, 0.6) is 0 Å². The van der Waals surface area contributed by atoms with Gasteiger partial charge in [0.25, 0.3) is 5.91 Å². The first-order valence-corrected chi connectivity index (χ1v) is 4.53. The summed E-state index contributed by atoms with van der Waals surface area (Å²) in [6, 6.07) is 7.26. The zero-order valence-corrected chi connectivity index (χ0v) is 8.15. The van der Waals surface area contributed by atoms with Crippen LogP contribution in [0.3, 0.4) is 0 Å². The smallest absolute Gasteiger partial charge is 0.260 e. The molecule has 1 heterocycles. The molecule has 0 N–H and O–H groups in total. The first-order valence-electron chi connectivity index (χ1n) is 4.53. The van der Waals surface area contributed by atoms with Crippen molar-refractivity contribution in [1.29, 1.82) is 0 Å². The molecule has 0 bridgehead atoms. The van der Waals surface area contributed by atoms with Gasteiger partial charge in [0.1, 0.15) is 0 Å². The molecule has 0 saturated heterocycles. The summed E-state index contributed by atoms with van der Waals surface area (Å²) < 4.78 is 0. The summed E-state index contributed by atoms with van der Waals surface area (Å²) in [6.07, 6.45) is 0. The van der Waals surface area contributed by atoms with E-state index >= 15 is 0 Å². The van der Waals surface area contributed by atoms with Crippen molar-refractivity contribution in [3.05, 3.63) is 35.4 Å². The lowest BCUT2D eigenvalue weighted by molar-refractivity contribution is -0.129. The van der Waals surface area contributed by atoms with Gasteiger partial charge in [-0.25, -0.2) is 0 Å². The van der Waals surface area contributed by atoms with Gasteiger partial charge in [0.15, 0.2) is 0 Å². The van der Waals surface area contributed by atoms with E-state index in [4.69, 9.17) is 0 Å². The Bertz CT molecular complexity index is 412. The van der Waals surface area contributed by atoms with Crippen LogP contribution >= 0.6 is 0 Å². The van der Waals surface area contributed by atoms with Crippen molar-refractivity contribution >= 4 is 11.8 Å². The van der Waals surface area contributed by atoms with Gasteiger partial charge in [-0.05, 0) is 18.6 Å². The molecule has 0 spiro atoms. The Hall–Kier alpha value is -1.64. The number of nitrogens with zero attached hydrogens (tertiary/aromatic N) is 1. The van der Waals surface area contributed by atoms with Gasteiger partial charge in [0, 0.05) is 12.6 Å². The van der Waals surface area contributed by atoms with Crippen molar-refractivity contribution < 1.29 is 9.59 Å². The minimum Gasteiger partial charge on any atom is -0.281 e. The Labute approximate surface area is 82.3 Å². The van der Waals surface area contributed by atoms with Gasteiger partial charge < -0.3 is 0 Å². The third-order valence-electron chi connectivity index (χ3n) is 2.66. The van der Waals surface area contributed by atoms with E-state index in [1.54, 1.807) is 6.07 Å². The number of amides is 2. The van der Waals surface area contributed by atoms with Gasteiger partial charge in [-0.2, -0.15) is 0 Å². The summed E-state index contributed by atoms with van der Waals surface area (Å²) in [4.78, 5) is 24.5. The average molecular weight is 189 g/mol.